The summed E-state index contributed by atoms with van der Waals surface area (Å²) in [6.45, 7) is 3.49. The largest absolute Gasteiger partial charge is 0.324 e. The van der Waals surface area contributed by atoms with Crippen molar-refractivity contribution in [2.75, 3.05) is 5.32 Å². The lowest BCUT2D eigenvalue weighted by Gasteiger charge is -2.15. The van der Waals surface area contributed by atoms with E-state index in [-0.39, 0.29) is 11.4 Å². The Balaban J connectivity index is 1.75. The molecule has 1 amide bonds. The minimum atomic E-state index is -0.844. The molecule has 0 bridgehead atoms. The van der Waals surface area contributed by atoms with Crippen LogP contribution in [0.25, 0.3) is 21.3 Å². The van der Waals surface area contributed by atoms with E-state index >= 15 is 0 Å². The van der Waals surface area contributed by atoms with Crippen LogP contribution in [0.2, 0.25) is 10.0 Å². The Morgan fingerprint density at radius 2 is 1.81 bits per heavy atom. The lowest BCUT2D eigenvalue weighted by atomic mass is 10.0. The third-order valence-corrected chi connectivity index (χ3v) is 6.32. The number of aryl methyl sites for hydroxylation is 1. The molecule has 0 aliphatic rings. The highest BCUT2D eigenvalue weighted by Gasteiger charge is 2.22. The molecular formula is C22H16Cl2FN3O2S. The second-order valence-electron chi connectivity index (χ2n) is 7.00. The number of amides is 1. The van der Waals surface area contributed by atoms with Crippen LogP contribution in [0, 0.1) is 12.7 Å². The Hall–Kier alpha value is -2.74. The molecule has 0 saturated heterocycles. The smallest absolute Gasteiger partial charge is 0.263 e. The molecule has 4 aromatic rings. The van der Waals surface area contributed by atoms with Gasteiger partial charge in [0.05, 0.1) is 11.7 Å². The van der Waals surface area contributed by atoms with Gasteiger partial charge in [0.1, 0.15) is 16.7 Å². The average Bonchev–Trinajstić information content (AvgIpc) is 3.04. The van der Waals surface area contributed by atoms with Crippen LogP contribution in [0.4, 0.5) is 10.1 Å². The number of aromatic nitrogens is 2. The summed E-state index contributed by atoms with van der Waals surface area (Å²) in [5, 5.41) is 3.89. The van der Waals surface area contributed by atoms with Crippen molar-refractivity contribution >= 4 is 56.3 Å². The molecule has 2 aromatic carbocycles. The van der Waals surface area contributed by atoms with E-state index in [1.54, 1.807) is 37.3 Å². The molecule has 0 aliphatic heterocycles. The van der Waals surface area contributed by atoms with Gasteiger partial charge in [-0.1, -0.05) is 35.3 Å². The zero-order chi connectivity index (χ0) is 22.3. The first-order chi connectivity index (χ1) is 14.7. The summed E-state index contributed by atoms with van der Waals surface area (Å²) in [5.74, 6) is -0.778. The fraction of sp³-hybridized carbons (Fsp3) is 0.136. The average molecular weight is 476 g/mol. The highest BCUT2D eigenvalue weighted by atomic mass is 35.5. The minimum Gasteiger partial charge on any atom is -0.324 e. The Kier molecular flexibility index (Phi) is 5.83. The summed E-state index contributed by atoms with van der Waals surface area (Å²) in [7, 11) is 0. The van der Waals surface area contributed by atoms with Crippen LogP contribution in [0.1, 0.15) is 17.8 Å². The first-order valence-corrected chi connectivity index (χ1v) is 10.8. The van der Waals surface area contributed by atoms with E-state index in [4.69, 9.17) is 23.2 Å². The molecule has 0 spiro atoms. The van der Waals surface area contributed by atoms with Gasteiger partial charge in [-0.25, -0.2) is 9.37 Å². The van der Waals surface area contributed by atoms with E-state index < -0.39 is 11.9 Å². The summed E-state index contributed by atoms with van der Waals surface area (Å²) >= 11 is 13.3. The highest BCUT2D eigenvalue weighted by Crippen LogP contribution is 2.35. The molecule has 1 atom stereocenters. The van der Waals surface area contributed by atoms with Crippen molar-refractivity contribution in [1.82, 2.24) is 9.55 Å². The minimum absolute atomic E-state index is 0.347. The normalized spacial score (nSPS) is 12.2. The summed E-state index contributed by atoms with van der Waals surface area (Å²) in [6, 6.07) is 9.79. The van der Waals surface area contributed by atoms with E-state index in [9.17, 15) is 14.0 Å². The van der Waals surface area contributed by atoms with Gasteiger partial charge in [-0.2, -0.15) is 0 Å². The number of hydrogen-bond donors (Lipinski definition) is 1. The Labute approximate surface area is 191 Å². The van der Waals surface area contributed by atoms with Crippen molar-refractivity contribution < 1.29 is 9.18 Å². The van der Waals surface area contributed by atoms with Gasteiger partial charge in [0, 0.05) is 26.2 Å². The molecule has 9 heteroatoms. The zero-order valence-electron chi connectivity index (χ0n) is 16.4. The molecule has 31 heavy (non-hydrogen) atoms. The number of thiophene rings is 1. The summed E-state index contributed by atoms with van der Waals surface area (Å²) in [6.07, 6.45) is 1.37. The topological polar surface area (TPSA) is 64.0 Å². The third-order valence-electron chi connectivity index (χ3n) is 4.87. The molecule has 0 fully saturated rings. The van der Waals surface area contributed by atoms with Gasteiger partial charge in [-0.3, -0.25) is 14.2 Å². The number of nitrogens with one attached hydrogen (secondary N) is 1. The first kappa shape index (κ1) is 21.5. The van der Waals surface area contributed by atoms with E-state index in [0.29, 0.717) is 37.1 Å². The number of halogens is 3. The fourth-order valence-corrected chi connectivity index (χ4v) is 4.88. The molecule has 1 unspecified atom stereocenters. The van der Waals surface area contributed by atoms with Gasteiger partial charge >= 0.3 is 0 Å². The Bertz CT molecular complexity index is 1350. The zero-order valence-corrected chi connectivity index (χ0v) is 18.8. The predicted molar refractivity (Wildman–Crippen MR) is 124 cm³/mol. The van der Waals surface area contributed by atoms with Crippen LogP contribution < -0.4 is 10.9 Å². The van der Waals surface area contributed by atoms with Gasteiger partial charge in [0.15, 0.2) is 0 Å². The van der Waals surface area contributed by atoms with Gasteiger partial charge in [0.2, 0.25) is 5.91 Å². The van der Waals surface area contributed by atoms with Crippen LogP contribution >= 0.6 is 34.5 Å². The van der Waals surface area contributed by atoms with Gasteiger partial charge in [-0.15, -0.1) is 11.3 Å². The first-order valence-electron chi connectivity index (χ1n) is 9.27. The molecule has 5 nitrogen and oxygen atoms in total. The third kappa shape index (κ3) is 4.21. The van der Waals surface area contributed by atoms with Crippen molar-refractivity contribution in [3.05, 3.63) is 79.9 Å². The van der Waals surface area contributed by atoms with Crippen LogP contribution in [0.3, 0.4) is 0 Å². The standard InChI is InChI=1S/C22H16Cl2FN3O2S/c1-11(20(29)27-17-8-14(23)7-15(24)9-17)28-10-26-21-19(22(28)30)18(12(2)31-21)13-3-5-16(25)6-4-13/h3-11H,1-2H3,(H,27,29). The number of carbonyl (C=O) groups excluding carboxylic acids is 1. The van der Waals surface area contributed by atoms with Gasteiger partial charge in [0.25, 0.3) is 5.56 Å². The molecule has 0 radical (unpaired) electrons. The predicted octanol–water partition coefficient (Wildman–Crippen LogP) is 6.08. The van der Waals surface area contributed by atoms with Crippen molar-refractivity contribution in [2.45, 2.75) is 19.9 Å². The molecule has 4 rings (SSSR count). The molecule has 2 heterocycles. The van der Waals surface area contributed by atoms with Crippen molar-refractivity contribution in [3.63, 3.8) is 0 Å². The number of hydrogen-bond acceptors (Lipinski definition) is 4. The number of carbonyl (C=O) groups is 1. The van der Waals surface area contributed by atoms with Crippen LogP contribution in [-0.2, 0) is 4.79 Å². The molecule has 158 valence electrons. The fourth-order valence-electron chi connectivity index (χ4n) is 3.35. The summed E-state index contributed by atoms with van der Waals surface area (Å²) in [4.78, 5) is 32.0. The quantitative estimate of drug-likeness (QED) is 0.388. The van der Waals surface area contributed by atoms with Crippen LogP contribution in [0.15, 0.2) is 53.6 Å². The maximum Gasteiger partial charge on any atom is 0.263 e. The number of anilines is 1. The van der Waals surface area contributed by atoms with E-state index in [1.165, 1.54) is 34.4 Å². The molecule has 2 aromatic heterocycles. The van der Waals surface area contributed by atoms with Crippen LogP contribution in [-0.4, -0.2) is 15.5 Å². The number of nitrogens with zero attached hydrogens (tertiary/aromatic N) is 2. The molecular weight excluding hydrogens is 460 g/mol. The van der Waals surface area contributed by atoms with Crippen molar-refractivity contribution in [3.8, 4) is 11.1 Å². The van der Waals surface area contributed by atoms with E-state index in [1.807, 2.05) is 6.92 Å². The maximum atomic E-state index is 13.4. The lowest BCUT2D eigenvalue weighted by Crippen LogP contribution is -2.31. The number of fused-ring (bicyclic) bond motifs is 1. The second kappa shape index (κ2) is 8.42. The van der Waals surface area contributed by atoms with Crippen LogP contribution in [0.5, 0.6) is 0 Å². The number of benzene rings is 2. The summed E-state index contributed by atoms with van der Waals surface area (Å²) < 4.78 is 14.7. The van der Waals surface area contributed by atoms with Crippen molar-refractivity contribution in [1.29, 1.82) is 0 Å². The molecule has 1 N–H and O–H groups in total. The monoisotopic (exact) mass is 475 g/mol. The molecule has 0 aliphatic carbocycles. The van der Waals surface area contributed by atoms with E-state index in [0.717, 1.165) is 4.88 Å². The highest BCUT2D eigenvalue weighted by molar-refractivity contribution is 7.19. The van der Waals surface area contributed by atoms with Gasteiger partial charge in [-0.05, 0) is 49.7 Å². The van der Waals surface area contributed by atoms with E-state index in [2.05, 4.69) is 10.3 Å². The lowest BCUT2D eigenvalue weighted by molar-refractivity contribution is -0.118. The Morgan fingerprint density at radius 1 is 1.16 bits per heavy atom. The maximum absolute atomic E-state index is 13.4. The number of rotatable bonds is 4. The molecule has 0 saturated carbocycles. The summed E-state index contributed by atoms with van der Waals surface area (Å²) in [5.41, 5.74) is 1.49. The second-order valence-corrected chi connectivity index (χ2v) is 9.08. The van der Waals surface area contributed by atoms with Gasteiger partial charge < -0.3 is 5.32 Å². The van der Waals surface area contributed by atoms with Crippen molar-refractivity contribution in [2.24, 2.45) is 0 Å². The SMILES string of the molecule is Cc1sc2ncn(C(C)C(=O)Nc3cc(Cl)cc(Cl)c3)c(=O)c2c1-c1ccc(F)cc1. The Morgan fingerprint density at radius 3 is 2.45 bits per heavy atom.